The molecule has 2 unspecified atom stereocenters. The summed E-state index contributed by atoms with van der Waals surface area (Å²) in [4.78, 5) is 2.42. The second-order valence-corrected chi connectivity index (χ2v) is 4.73. The van der Waals surface area contributed by atoms with Gasteiger partial charge in [0.25, 0.3) is 0 Å². The maximum Gasteiger partial charge on any atom is 0.0117 e. The molecule has 0 saturated heterocycles. The van der Waals surface area contributed by atoms with Crippen LogP contribution in [0.5, 0.6) is 0 Å². The standard InChI is InChI=1S/C12H25N/c1-5-7-10-8-9-11(10)12(6-2)13(3)4/h10-12H,5-9H2,1-4H3/t10?,11?,12-/m0/s1. The van der Waals surface area contributed by atoms with Gasteiger partial charge in [0, 0.05) is 6.04 Å². The quantitative estimate of drug-likeness (QED) is 0.633. The smallest absolute Gasteiger partial charge is 0.0117 e. The summed E-state index contributed by atoms with van der Waals surface area (Å²) < 4.78 is 0. The lowest BCUT2D eigenvalue weighted by molar-refractivity contribution is 0.0621. The molecule has 1 aliphatic rings. The second-order valence-electron chi connectivity index (χ2n) is 4.73. The van der Waals surface area contributed by atoms with Crippen LogP contribution in [0, 0.1) is 11.8 Å². The van der Waals surface area contributed by atoms with Crippen LogP contribution in [0.25, 0.3) is 0 Å². The highest BCUT2D eigenvalue weighted by molar-refractivity contribution is 4.88. The van der Waals surface area contributed by atoms with E-state index in [1.807, 2.05) is 0 Å². The van der Waals surface area contributed by atoms with Crippen LogP contribution in [-0.2, 0) is 0 Å². The van der Waals surface area contributed by atoms with Crippen LogP contribution >= 0.6 is 0 Å². The van der Waals surface area contributed by atoms with E-state index in [-0.39, 0.29) is 0 Å². The molecule has 0 heterocycles. The summed E-state index contributed by atoms with van der Waals surface area (Å²) in [5.74, 6) is 2.04. The largest absolute Gasteiger partial charge is 0.306 e. The number of rotatable bonds is 5. The molecule has 1 saturated carbocycles. The minimum absolute atomic E-state index is 0.838. The summed E-state index contributed by atoms with van der Waals surface area (Å²) in [6.45, 7) is 4.64. The molecule has 0 amide bonds. The molecule has 0 N–H and O–H groups in total. The molecule has 1 aliphatic carbocycles. The van der Waals surface area contributed by atoms with E-state index < -0.39 is 0 Å². The number of nitrogens with zero attached hydrogens (tertiary/aromatic N) is 1. The van der Waals surface area contributed by atoms with Crippen LogP contribution in [0.1, 0.15) is 46.0 Å². The van der Waals surface area contributed by atoms with Gasteiger partial charge in [0.2, 0.25) is 0 Å². The fourth-order valence-corrected chi connectivity index (χ4v) is 2.88. The van der Waals surface area contributed by atoms with Gasteiger partial charge in [-0.2, -0.15) is 0 Å². The lowest BCUT2D eigenvalue weighted by atomic mass is 9.67. The van der Waals surface area contributed by atoms with Crippen molar-refractivity contribution in [3.8, 4) is 0 Å². The van der Waals surface area contributed by atoms with Crippen molar-refractivity contribution in [1.29, 1.82) is 0 Å². The molecular weight excluding hydrogens is 158 g/mol. The SMILES string of the molecule is CCCC1CCC1[C@H](CC)N(C)C. The van der Waals surface area contributed by atoms with Crippen LogP contribution in [-0.4, -0.2) is 25.0 Å². The van der Waals surface area contributed by atoms with Gasteiger partial charge in [-0.05, 0) is 45.2 Å². The first-order valence-electron chi connectivity index (χ1n) is 5.87. The van der Waals surface area contributed by atoms with Gasteiger partial charge in [-0.25, -0.2) is 0 Å². The molecule has 0 aliphatic heterocycles. The van der Waals surface area contributed by atoms with E-state index in [9.17, 15) is 0 Å². The number of hydrogen-bond donors (Lipinski definition) is 0. The van der Waals surface area contributed by atoms with Crippen LogP contribution < -0.4 is 0 Å². The molecule has 1 rings (SSSR count). The van der Waals surface area contributed by atoms with Crippen molar-refractivity contribution < 1.29 is 0 Å². The molecule has 0 aromatic carbocycles. The van der Waals surface area contributed by atoms with E-state index in [1.54, 1.807) is 0 Å². The molecule has 0 radical (unpaired) electrons. The van der Waals surface area contributed by atoms with Crippen LogP contribution in [0.4, 0.5) is 0 Å². The van der Waals surface area contributed by atoms with Crippen molar-refractivity contribution in [3.05, 3.63) is 0 Å². The minimum atomic E-state index is 0.838. The molecular formula is C12H25N. The van der Waals surface area contributed by atoms with Gasteiger partial charge in [0.1, 0.15) is 0 Å². The van der Waals surface area contributed by atoms with E-state index in [1.165, 1.54) is 32.1 Å². The Kier molecular flexibility index (Phi) is 4.24. The van der Waals surface area contributed by atoms with Crippen LogP contribution in [0.2, 0.25) is 0 Å². The summed E-state index contributed by atoms with van der Waals surface area (Å²) in [6, 6.07) is 0.838. The maximum atomic E-state index is 2.42. The lowest BCUT2D eigenvalue weighted by Gasteiger charge is -2.44. The van der Waals surface area contributed by atoms with Crippen molar-refractivity contribution in [1.82, 2.24) is 4.90 Å². The normalized spacial score (nSPS) is 30.2. The molecule has 1 heteroatoms. The van der Waals surface area contributed by atoms with Crippen LogP contribution in [0.3, 0.4) is 0 Å². The molecule has 1 nitrogen and oxygen atoms in total. The summed E-state index contributed by atoms with van der Waals surface area (Å²) in [5, 5.41) is 0. The number of hydrogen-bond acceptors (Lipinski definition) is 1. The monoisotopic (exact) mass is 183 g/mol. The van der Waals surface area contributed by atoms with E-state index in [0.717, 1.165) is 17.9 Å². The van der Waals surface area contributed by atoms with E-state index in [2.05, 4.69) is 32.8 Å². The highest BCUT2D eigenvalue weighted by Gasteiger charge is 2.35. The third-order valence-electron chi connectivity index (χ3n) is 3.71. The van der Waals surface area contributed by atoms with Crippen molar-refractivity contribution in [2.75, 3.05) is 14.1 Å². The Bertz CT molecular complexity index is 142. The molecule has 0 aromatic heterocycles. The highest BCUT2D eigenvalue weighted by Crippen LogP contribution is 2.41. The molecule has 78 valence electrons. The van der Waals surface area contributed by atoms with Gasteiger partial charge in [0.05, 0.1) is 0 Å². The minimum Gasteiger partial charge on any atom is -0.306 e. The topological polar surface area (TPSA) is 3.24 Å². The molecule has 13 heavy (non-hydrogen) atoms. The maximum absolute atomic E-state index is 2.42. The van der Waals surface area contributed by atoms with Crippen LogP contribution in [0.15, 0.2) is 0 Å². The third kappa shape index (κ3) is 2.46. The molecule has 0 spiro atoms. The van der Waals surface area contributed by atoms with Gasteiger partial charge in [-0.1, -0.05) is 26.7 Å². The average molecular weight is 183 g/mol. The zero-order chi connectivity index (χ0) is 9.84. The Morgan fingerprint density at radius 1 is 1.23 bits per heavy atom. The van der Waals surface area contributed by atoms with E-state index in [4.69, 9.17) is 0 Å². The van der Waals surface area contributed by atoms with Gasteiger partial charge < -0.3 is 4.90 Å². The highest BCUT2D eigenvalue weighted by atomic mass is 15.1. The van der Waals surface area contributed by atoms with E-state index in [0.29, 0.717) is 0 Å². The fourth-order valence-electron chi connectivity index (χ4n) is 2.88. The van der Waals surface area contributed by atoms with E-state index >= 15 is 0 Å². The Morgan fingerprint density at radius 3 is 2.23 bits per heavy atom. The first-order valence-corrected chi connectivity index (χ1v) is 5.87. The zero-order valence-electron chi connectivity index (χ0n) is 9.71. The molecule has 0 aromatic rings. The Balaban J connectivity index is 2.40. The Morgan fingerprint density at radius 2 is 1.92 bits per heavy atom. The predicted octanol–water partition coefficient (Wildman–Crippen LogP) is 3.15. The molecule has 3 atom stereocenters. The molecule has 0 bridgehead atoms. The lowest BCUT2D eigenvalue weighted by Crippen LogP contribution is -2.43. The van der Waals surface area contributed by atoms with Gasteiger partial charge in [0.15, 0.2) is 0 Å². The second kappa shape index (κ2) is 4.99. The van der Waals surface area contributed by atoms with Gasteiger partial charge in [-0.15, -0.1) is 0 Å². The molecule has 1 fully saturated rings. The van der Waals surface area contributed by atoms with Gasteiger partial charge in [-0.3, -0.25) is 0 Å². The summed E-state index contributed by atoms with van der Waals surface area (Å²) in [7, 11) is 4.46. The Labute approximate surface area is 83.5 Å². The first kappa shape index (κ1) is 11.0. The van der Waals surface area contributed by atoms with Crippen molar-refractivity contribution in [2.45, 2.75) is 52.0 Å². The first-order chi connectivity index (χ1) is 6.20. The third-order valence-corrected chi connectivity index (χ3v) is 3.71. The van der Waals surface area contributed by atoms with Crippen molar-refractivity contribution >= 4 is 0 Å². The summed E-state index contributed by atoms with van der Waals surface area (Å²) >= 11 is 0. The Hall–Kier alpha value is -0.0400. The van der Waals surface area contributed by atoms with Crippen molar-refractivity contribution in [2.24, 2.45) is 11.8 Å². The van der Waals surface area contributed by atoms with Gasteiger partial charge >= 0.3 is 0 Å². The van der Waals surface area contributed by atoms with Crippen molar-refractivity contribution in [3.63, 3.8) is 0 Å². The average Bonchev–Trinajstić information content (AvgIpc) is 2.07. The summed E-state index contributed by atoms with van der Waals surface area (Å²) in [6.07, 6.45) is 7.10. The zero-order valence-corrected chi connectivity index (χ0v) is 9.71. The summed E-state index contributed by atoms with van der Waals surface area (Å²) in [5.41, 5.74) is 0. The predicted molar refractivity (Wildman–Crippen MR) is 58.9 cm³/mol. The fraction of sp³-hybridized carbons (Fsp3) is 1.00.